The summed E-state index contributed by atoms with van der Waals surface area (Å²) >= 11 is 0. The Labute approximate surface area is 175 Å². The molecule has 5 rings (SSSR count). The van der Waals surface area contributed by atoms with Crippen LogP contribution in [0, 0.1) is 5.92 Å². The summed E-state index contributed by atoms with van der Waals surface area (Å²) in [7, 11) is 2.08. The van der Waals surface area contributed by atoms with Crippen LogP contribution in [-0.2, 0) is 13.6 Å². The molecular weight excluding hydrogens is 380 g/mol. The van der Waals surface area contributed by atoms with Gasteiger partial charge in [0.2, 0.25) is 6.79 Å². The highest BCUT2D eigenvalue weighted by Gasteiger charge is 2.23. The Balaban J connectivity index is 1.18. The van der Waals surface area contributed by atoms with Gasteiger partial charge in [0.25, 0.3) is 5.91 Å². The zero-order chi connectivity index (χ0) is 20.5. The van der Waals surface area contributed by atoms with Crippen molar-refractivity contribution >= 4 is 16.9 Å². The second-order valence-corrected chi connectivity index (χ2v) is 8.10. The number of hydrogen-bond donors (Lipinski definition) is 1. The summed E-state index contributed by atoms with van der Waals surface area (Å²) in [5.41, 5.74) is 2.81. The molecule has 1 aromatic heterocycles. The molecule has 1 saturated heterocycles. The summed E-state index contributed by atoms with van der Waals surface area (Å²) in [6.45, 7) is 3.74. The molecule has 3 aromatic rings. The number of benzene rings is 2. The van der Waals surface area contributed by atoms with Gasteiger partial charge >= 0.3 is 0 Å². The van der Waals surface area contributed by atoms with Crippen molar-refractivity contribution in [2.75, 3.05) is 26.4 Å². The molecule has 3 heterocycles. The molecule has 2 aliphatic heterocycles. The number of fused-ring (bicyclic) bond motifs is 2. The fraction of sp³-hybridized carbons (Fsp3) is 0.391. The molecule has 0 radical (unpaired) electrons. The van der Waals surface area contributed by atoms with Gasteiger partial charge in [-0.25, -0.2) is 4.98 Å². The highest BCUT2D eigenvalue weighted by atomic mass is 16.7. The van der Waals surface area contributed by atoms with E-state index in [-0.39, 0.29) is 12.7 Å². The van der Waals surface area contributed by atoms with E-state index in [0.29, 0.717) is 29.5 Å². The van der Waals surface area contributed by atoms with Crippen LogP contribution in [0.1, 0.15) is 29.0 Å². The number of aryl methyl sites for hydroxylation is 1. The molecule has 1 amide bonds. The number of piperidine rings is 1. The minimum absolute atomic E-state index is 0.0687. The largest absolute Gasteiger partial charge is 0.454 e. The van der Waals surface area contributed by atoms with Crippen molar-refractivity contribution in [1.29, 1.82) is 0 Å². The third kappa shape index (κ3) is 3.73. The first-order valence-electron chi connectivity index (χ1n) is 10.5. The second-order valence-electron chi connectivity index (χ2n) is 8.10. The zero-order valence-electron chi connectivity index (χ0n) is 17.1. The number of nitrogens with zero attached hydrogens (tertiary/aromatic N) is 3. The highest BCUT2D eigenvalue weighted by molar-refractivity contribution is 5.94. The van der Waals surface area contributed by atoms with E-state index in [1.165, 1.54) is 0 Å². The number of carbonyl (C=O) groups is 1. The Bertz CT molecular complexity index is 1080. The molecule has 0 bridgehead atoms. The highest BCUT2D eigenvalue weighted by Crippen LogP contribution is 2.32. The van der Waals surface area contributed by atoms with Gasteiger partial charge in [0, 0.05) is 25.7 Å². The topological polar surface area (TPSA) is 68.6 Å². The van der Waals surface area contributed by atoms with Crippen LogP contribution in [0.25, 0.3) is 11.0 Å². The lowest BCUT2D eigenvalue weighted by Gasteiger charge is -2.32. The number of imidazole rings is 1. The molecule has 0 unspecified atom stereocenters. The molecule has 156 valence electrons. The van der Waals surface area contributed by atoms with Crippen molar-refractivity contribution in [2.24, 2.45) is 13.0 Å². The standard InChI is InChI=1S/C23H26N4O3/c1-26-19-7-3-2-6-18(19)25-22(26)14-27-10-4-5-16(13-27)12-24-23(28)17-8-9-20-21(11-17)30-15-29-20/h2-3,6-9,11,16H,4-5,10,12-15H2,1H3,(H,24,28)/t16-/m1/s1. The minimum atomic E-state index is -0.0687. The number of ether oxygens (including phenoxy) is 2. The van der Waals surface area contributed by atoms with Crippen molar-refractivity contribution in [2.45, 2.75) is 19.4 Å². The molecule has 1 N–H and O–H groups in total. The summed E-state index contributed by atoms with van der Waals surface area (Å²) in [6.07, 6.45) is 2.26. The van der Waals surface area contributed by atoms with E-state index in [1.54, 1.807) is 18.2 Å². The van der Waals surface area contributed by atoms with E-state index in [0.717, 1.165) is 49.3 Å². The summed E-state index contributed by atoms with van der Waals surface area (Å²) in [6, 6.07) is 13.6. The van der Waals surface area contributed by atoms with Gasteiger partial charge in [0.1, 0.15) is 5.82 Å². The molecule has 2 aromatic carbocycles. The molecule has 0 spiro atoms. The van der Waals surface area contributed by atoms with Crippen LogP contribution in [0.15, 0.2) is 42.5 Å². The number of para-hydroxylation sites is 2. The molecule has 1 atom stereocenters. The molecular formula is C23H26N4O3. The first-order valence-corrected chi connectivity index (χ1v) is 10.5. The molecule has 7 heteroatoms. The number of rotatable bonds is 5. The number of nitrogens with one attached hydrogen (secondary N) is 1. The molecule has 0 saturated carbocycles. The molecule has 2 aliphatic rings. The van der Waals surface area contributed by atoms with E-state index < -0.39 is 0 Å². The van der Waals surface area contributed by atoms with Gasteiger partial charge in [-0.3, -0.25) is 9.69 Å². The SMILES string of the molecule is Cn1c(CN2CCC[C@H](CNC(=O)c3ccc4c(c3)OCO4)C2)nc2ccccc21. The van der Waals surface area contributed by atoms with Gasteiger partial charge < -0.3 is 19.4 Å². The van der Waals surface area contributed by atoms with Gasteiger partial charge in [-0.15, -0.1) is 0 Å². The first-order chi connectivity index (χ1) is 14.7. The predicted molar refractivity (Wildman–Crippen MR) is 114 cm³/mol. The van der Waals surface area contributed by atoms with Crippen LogP contribution >= 0.6 is 0 Å². The van der Waals surface area contributed by atoms with E-state index in [2.05, 4.69) is 34.0 Å². The fourth-order valence-electron chi connectivity index (χ4n) is 4.38. The smallest absolute Gasteiger partial charge is 0.251 e. The van der Waals surface area contributed by atoms with E-state index in [4.69, 9.17) is 14.5 Å². The Kier molecular flexibility index (Phi) is 5.04. The van der Waals surface area contributed by atoms with Crippen molar-refractivity contribution in [3.05, 3.63) is 53.9 Å². The number of amides is 1. The van der Waals surface area contributed by atoms with Crippen molar-refractivity contribution in [3.8, 4) is 11.5 Å². The van der Waals surface area contributed by atoms with Crippen LogP contribution in [0.2, 0.25) is 0 Å². The number of aromatic nitrogens is 2. The number of hydrogen-bond acceptors (Lipinski definition) is 5. The van der Waals surface area contributed by atoms with E-state index >= 15 is 0 Å². The van der Waals surface area contributed by atoms with E-state index in [9.17, 15) is 4.79 Å². The zero-order valence-corrected chi connectivity index (χ0v) is 17.1. The monoisotopic (exact) mass is 406 g/mol. The van der Waals surface area contributed by atoms with Crippen molar-refractivity contribution < 1.29 is 14.3 Å². The van der Waals surface area contributed by atoms with E-state index in [1.807, 2.05) is 12.1 Å². The second kappa shape index (κ2) is 7.99. The van der Waals surface area contributed by atoms with Crippen LogP contribution < -0.4 is 14.8 Å². The van der Waals surface area contributed by atoms with Crippen molar-refractivity contribution in [3.63, 3.8) is 0 Å². The quantitative estimate of drug-likeness (QED) is 0.706. The maximum Gasteiger partial charge on any atom is 0.251 e. The predicted octanol–water partition coefficient (Wildman–Crippen LogP) is 2.94. The Morgan fingerprint density at radius 3 is 2.97 bits per heavy atom. The van der Waals surface area contributed by atoms with Crippen LogP contribution in [0.4, 0.5) is 0 Å². The third-order valence-corrected chi connectivity index (χ3v) is 6.03. The average molecular weight is 406 g/mol. The summed E-state index contributed by atoms with van der Waals surface area (Å²) in [4.78, 5) is 19.8. The molecule has 0 aliphatic carbocycles. The van der Waals surface area contributed by atoms with Crippen LogP contribution in [-0.4, -0.2) is 46.8 Å². The lowest BCUT2D eigenvalue weighted by Crippen LogP contribution is -2.40. The van der Waals surface area contributed by atoms with Gasteiger partial charge in [-0.2, -0.15) is 0 Å². The molecule has 30 heavy (non-hydrogen) atoms. The van der Waals surface area contributed by atoms with Gasteiger partial charge in [0.15, 0.2) is 11.5 Å². The fourth-order valence-corrected chi connectivity index (χ4v) is 4.38. The Morgan fingerprint density at radius 2 is 2.07 bits per heavy atom. The van der Waals surface area contributed by atoms with Gasteiger partial charge in [-0.1, -0.05) is 12.1 Å². The maximum atomic E-state index is 12.6. The van der Waals surface area contributed by atoms with Crippen molar-refractivity contribution in [1.82, 2.24) is 19.8 Å². The minimum Gasteiger partial charge on any atom is -0.454 e. The number of carbonyl (C=O) groups excluding carboxylic acids is 1. The van der Waals surface area contributed by atoms with Crippen LogP contribution in [0.5, 0.6) is 11.5 Å². The summed E-state index contributed by atoms with van der Waals surface area (Å²) in [5.74, 6) is 2.78. The maximum absolute atomic E-state index is 12.6. The Hall–Kier alpha value is -3.06. The lowest BCUT2D eigenvalue weighted by molar-refractivity contribution is 0.0929. The normalized spacial score (nSPS) is 18.6. The van der Waals surface area contributed by atoms with Gasteiger partial charge in [0.05, 0.1) is 17.6 Å². The van der Waals surface area contributed by atoms with Crippen LogP contribution in [0.3, 0.4) is 0 Å². The first kappa shape index (κ1) is 18.9. The van der Waals surface area contributed by atoms with Gasteiger partial charge in [-0.05, 0) is 55.6 Å². The Morgan fingerprint density at radius 1 is 1.20 bits per heavy atom. The number of likely N-dealkylation sites (tertiary alicyclic amines) is 1. The third-order valence-electron chi connectivity index (χ3n) is 6.03. The summed E-state index contributed by atoms with van der Waals surface area (Å²) in [5, 5.41) is 3.09. The average Bonchev–Trinajstić information content (AvgIpc) is 3.36. The lowest BCUT2D eigenvalue weighted by atomic mass is 9.98. The molecule has 7 nitrogen and oxygen atoms in total. The summed E-state index contributed by atoms with van der Waals surface area (Å²) < 4.78 is 12.9. The molecule has 1 fully saturated rings.